The molecule has 27 heavy (non-hydrogen) atoms. The third-order valence-corrected chi connectivity index (χ3v) is 3.91. The molecule has 0 radical (unpaired) electrons. The fourth-order valence-corrected chi connectivity index (χ4v) is 2.42. The SMILES string of the molecule is Cc1ccc(NC(=O)c2cc(Cl)ccc2NC(=O)c2cnc(Cl)cn2)nc1. The smallest absolute Gasteiger partial charge is 0.275 e. The van der Waals surface area contributed by atoms with Crippen molar-refractivity contribution in [2.45, 2.75) is 6.92 Å². The predicted molar refractivity (Wildman–Crippen MR) is 103 cm³/mol. The molecule has 0 unspecified atom stereocenters. The van der Waals surface area contributed by atoms with E-state index in [1.54, 1.807) is 18.3 Å². The van der Waals surface area contributed by atoms with Crippen LogP contribution >= 0.6 is 23.2 Å². The number of carbonyl (C=O) groups excluding carboxylic acids is 2. The Labute approximate surface area is 164 Å². The maximum Gasteiger partial charge on any atom is 0.275 e. The van der Waals surface area contributed by atoms with Crippen LogP contribution in [0.1, 0.15) is 26.4 Å². The molecule has 0 aliphatic carbocycles. The molecule has 0 saturated carbocycles. The average Bonchev–Trinajstić information content (AvgIpc) is 2.65. The highest BCUT2D eigenvalue weighted by molar-refractivity contribution is 6.31. The van der Waals surface area contributed by atoms with Crippen molar-refractivity contribution in [3.05, 3.63) is 75.9 Å². The van der Waals surface area contributed by atoms with E-state index < -0.39 is 11.8 Å². The van der Waals surface area contributed by atoms with Crippen molar-refractivity contribution < 1.29 is 9.59 Å². The summed E-state index contributed by atoms with van der Waals surface area (Å²) in [4.78, 5) is 36.8. The van der Waals surface area contributed by atoms with Crippen molar-refractivity contribution >= 4 is 46.5 Å². The number of aromatic nitrogens is 3. The van der Waals surface area contributed by atoms with Crippen LogP contribution in [0.15, 0.2) is 48.9 Å². The second-order valence-corrected chi connectivity index (χ2v) is 6.37. The topological polar surface area (TPSA) is 96.9 Å². The lowest BCUT2D eigenvalue weighted by atomic mass is 10.1. The Morgan fingerprint density at radius 1 is 0.889 bits per heavy atom. The van der Waals surface area contributed by atoms with Gasteiger partial charge in [0.1, 0.15) is 16.7 Å². The Morgan fingerprint density at radius 2 is 1.70 bits per heavy atom. The van der Waals surface area contributed by atoms with Crippen molar-refractivity contribution in [1.82, 2.24) is 15.0 Å². The van der Waals surface area contributed by atoms with E-state index in [9.17, 15) is 9.59 Å². The summed E-state index contributed by atoms with van der Waals surface area (Å²) in [6.45, 7) is 1.89. The number of nitrogens with one attached hydrogen (secondary N) is 2. The van der Waals surface area contributed by atoms with Gasteiger partial charge in [0, 0.05) is 11.2 Å². The van der Waals surface area contributed by atoms with Crippen molar-refractivity contribution in [2.75, 3.05) is 10.6 Å². The van der Waals surface area contributed by atoms with Gasteiger partial charge in [-0.25, -0.2) is 15.0 Å². The quantitative estimate of drug-likeness (QED) is 0.688. The first kappa shape index (κ1) is 18.8. The molecule has 0 fully saturated rings. The number of aryl methyl sites for hydroxylation is 1. The summed E-state index contributed by atoms with van der Waals surface area (Å²) in [5, 5.41) is 5.81. The summed E-state index contributed by atoms with van der Waals surface area (Å²) in [7, 11) is 0. The van der Waals surface area contributed by atoms with E-state index in [0.717, 1.165) is 5.56 Å². The molecule has 0 saturated heterocycles. The Hall–Kier alpha value is -3.03. The predicted octanol–water partition coefficient (Wildman–Crippen LogP) is 3.99. The van der Waals surface area contributed by atoms with E-state index in [1.807, 2.05) is 13.0 Å². The number of halogens is 2. The van der Waals surface area contributed by atoms with E-state index in [1.165, 1.54) is 24.5 Å². The first-order valence-corrected chi connectivity index (χ1v) is 8.50. The Kier molecular flexibility index (Phi) is 5.63. The molecule has 136 valence electrons. The molecule has 2 amide bonds. The zero-order valence-corrected chi connectivity index (χ0v) is 15.5. The molecule has 0 aliphatic heterocycles. The second-order valence-electron chi connectivity index (χ2n) is 5.54. The van der Waals surface area contributed by atoms with Crippen molar-refractivity contribution in [3.8, 4) is 0 Å². The van der Waals surface area contributed by atoms with Crippen LogP contribution < -0.4 is 10.6 Å². The minimum absolute atomic E-state index is 0.0564. The van der Waals surface area contributed by atoms with Crippen LogP contribution in [0.2, 0.25) is 10.2 Å². The lowest BCUT2D eigenvalue weighted by molar-refractivity contribution is 0.102. The van der Waals surface area contributed by atoms with Gasteiger partial charge in [0.2, 0.25) is 0 Å². The Morgan fingerprint density at radius 3 is 2.37 bits per heavy atom. The Balaban J connectivity index is 1.83. The van der Waals surface area contributed by atoms with Crippen LogP contribution in [-0.4, -0.2) is 26.8 Å². The van der Waals surface area contributed by atoms with E-state index in [0.29, 0.717) is 10.8 Å². The van der Waals surface area contributed by atoms with Gasteiger partial charge in [-0.15, -0.1) is 0 Å². The number of anilines is 2. The summed E-state index contributed by atoms with van der Waals surface area (Å²) in [5.74, 6) is -0.623. The summed E-state index contributed by atoms with van der Waals surface area (Å²) >= 11 is 11.7. The summed E-state index contributed by atoms with van der Waals surface area (Å²) < 4.78 is 0. The number of hydrogen-bond acceptors (Lipinski definition) is 5. The molecule has 0 atom stereocenters. The maximum atomic E-state index is 12.6. The molecular formula is C18H13Cl2N5O2. The van der Waals surface area contributed by atoms with Crippen molar-refractivity contribution in [1.29, 1.82) is 0 Å². The third kappa shape index (κ3) is 4.78. The highest BCUT2D eigenvalue weighted by Gasteiger charge is 2.16. The van der Waals surface area contributed by atoms with Gasteiger partial charge in [-0.2, -0.15) is 0 Å². The minimum atomic E-state index is -0.538. The van der Waals surface area contributed by atoms with Crippen LogP contribution in [0, 0.1) is 6.92 Å². The van der Waals surface area contributed by atoms with Crippen LogP contribution in [-0.2, 0) is 0 Å². The largest absolute Gasteiger partial charge is 0.320 e. The maximum absolute atomic E-state index is 12.6. The molecule has 0 aliphatic rings. The van der Waals surface area contributed by atoms with Gasteiger partial charge < -0.3 is 10.6 Å². The number of carbonyl (C=O) groups is 2. The normalized spacial score (nSPS) is 10.3. The van der Waals surface area contributed by atoms with E-state index in [4.69, 9.17) is 23.2 Å². The zero-order valence-electron chi connectivity index (χ0n) is 14.0. The average molecular weight is 402 g/mol. The van der Waals surface area contributed by atoms with E-state index in [2.05, 4.69) is 25.6 Å². The van der Waals surface area contributed by atoms with Crippen LogP contribution in [0.5, 0.6) is 0 Å². The van der Waals surface area contributed by atoms with Crippen LogP contribution in [0.25, 0.3) is 0 Å². The molecule has 0 bridgehead atoms. The molecule has 9 heteroatoms. The zero-order chi connectivity index (χ0) is 19.4. The monoisotopic (exact) mass is 401 g/mol. The van der Waals surface area contributed by atoms with Gasteiger partial charge >= 0.3 is 0 Å². The molecule has 2 aromatic heterocycles. The second kappa shape index (κ2) is 8.11. The summed E-state index contributed by atoms with van der Waals surface area (Å²) in [6, 6.07) is 8.04. The molecule has 7 nitrogen and oxygen atoms in total. The number of benzene rings is 1. The van der Waals surface area contributed by atoms with E-state index in [-0.39, 0.29) is 22.1 Å². The molecule has 2 heterocycles. The lowest BCUT2D eigenvalue weighted by Gasteiger charge is -2.11. The van der Waals surface area contributed by atoms with Gasteiger partial charge in [-0.1, -0.05) is 29.3 Å². The third-order valence-electron chi connectivity index (χ3n) is 3.48. The highest BCUT2D eigenvalue weighted by Crippen LogP contribution is 2.22. The standard InChI is InChI=1S/C18H13Cl2N5O2/c1-10-2-5-16(23-7-10)25-17(26)12-6-11(19)3-4-13(12)24-18(27)14-8-22-15(20)9-21-14/h2-9H,1H3,(H,24,27)(H,23,25,26). The number of amides is 2. The Bertz CT molecular complexity index is 992. The van der Waals surface area contributed by atoms with Crippen LogP contribution in [0.3, 0.4) is 0 Å². The van der Waals surface area contributed by atoms with Gasteiger partial charge in [-0.05, 0) is 36.8 Å². The van der Waals surface area contributed by atoms with Crippen molar-refractivity contribution in [2.24, 2.45) is 0 Å². The molecule has 2 N–H and O–H groups in total. The fourth-order valence-electron chi connectivity index (χ4n) is 2.15. The van der Waals surface area contributed by atoms with Gasteiger partial charge in [-0.3, -0.25) is 9.59 Å². The molecule has 1 aromatic carbocycles. The molecule has 3 rings (SSSR count). The number of hydrogen-bond donors (Lipinski definition) is 2. The van der Waals surface area contributed by atoms with Crippen LogP contribution in [0.4, 0.5) is 11.5 Å². The van der Waals surface area contributed by atoms with E-state index >= 15 is 0 Å². The summed E-state index contributed by atoms with van der Waals surface area (Å²) in [5.41, 5.74) is 1.47. The molecule has 0 spiro atoms. The lowest BCUT2D eigenvalue weighted by Crippen LogP contribution is -2.19. The summed E-state index contributed by atoms with van der Waals surface area (Å²) in [6.07, 6.45) is 4.13. The van der Waals surface area contributed by atoms with Gasteiger partial charge in [0.15, 0.2) is 0 Å². The van der Waals surface area contributed by atoms with Gasteiger partial charge in [0.05, 0.1) is 23.6 Å². The van der Waals surface area contributed by atoms with Gasteiger partial charge in [0.25, 0.3) is 11.8 Å². The molecule has 3 aromatic rings. The highest BCUT2D eigenvalue weighted by atomic mass is 35.5. The molecular weight excluding hydrogens is 389 g/mol. The minimum Gasteiger partial charge on any atom is -0.320 e. The fraction of sp³-hybridized carbons (Fsp3) is 0.0556. The van der Waals surface area contributed by atoms with Crippen molar-refractivity contribution in [3.63, 3.8) is 0 Å². The first-order valence-electron chi connectivity index (χ1n) is 7.75. The number of rotatable bonds is 4. The number of nitrogens with zero attached hydrogens (tertiary/aromatic N) is 3. The number of pyridine rings is 1. The first-order chi connectivity index (χ1) is 12.9.